The molecule has 0 spiro atoms. The zero-order chi connectivity index (χ0) is 16.5. The van der Waals surface area contributed by atoms with E-state index in [0.717, 1.165) is 16.6 Å². The maximum Gasteiger partial charge on any atom is 0.258 e. The Labute approximate surface area is 142 Å². The Morgan fingerprint density at radius 2 is 1.96 bits per heavy atom. The van der Waals surface area contributed by atoms with Crippen molar-refractivity contribution in [3.8, 4) is 11.5 Å². The molecule has 0 bridgehead atoms. The van der Waals surface area contributed by atoms with Crippen molar-refractivity contribution in [1.29, 1.82) is 0 Å². The summed E-state index contributed by atoms with van der Waals surface area (Å²) in [5.74, 6) is 1.47. The number of para-hydroxylation sites is 2. The van der Waals surface area contributed by atoms with Gasteiger partial charge in [0.2, 0.25) is 0 Å². The third kappa shape index (κ3) is 2.66. The van der Waals surface area contributed by atoms with Gasteiger partial charge in [-0.25, -0.2) is 4.98 Å². The molecule has 1 N–H and O–H groups in total. The van der Waals surface area contributed by atoms with Gasteiger partial charge in [0.05, 0.1) is 17.6 Å². The van der Waals surface area contributed by atoms with Crippen molar-refractivity contribution in [3.05, 3.63) is 65.2 Å². The normalized spacial score (nSPS) is 11.2. The van der Waals surface area contributed by atoms with Gasteiger partial charge in [0.15, 0.2) is 5.82 Å². The Morgan fingerprint density at radius 3 is 2.79 bits per heavy atom. The molecule has 2 aromatic heterocycles. The molecule has 6 nitrogen and oxygen atoms in total. The third-order valence-electron chi connectivity index (χ3n) is 3.71. The molecule has 2 aromatic carbocycles. The summed E-state index contributed by atoms with van der Waals surface area (Å²) in [6, 6.07) is 14.9. The van der Waals surface area contributed by atoms with Crippen LogP contribution in [0.3, 0.4) is 0 Å². The smallest absolute Gasteiger partial charge is 0.258 e. The lowest BCUT2D eigenvalue weighted by Gasteiger charge is -2.03. The Morgan fingerprint density at radius 1 is 1.08 bits per heavy atom. The molecule has 0 saturated heterocycles. The topological polar surface area (TPSA) is 77.0 Å². The second-order valence-electron chi connectivity index (χ2n) is 5.29. The molecule has 0 atom stereocenters. The number of benzene rings is 2. The summed E-state index contributed by atoms with van der Waals surface area (Å²) in [5.41, 5.74) is 2.50. The number of aliphatic hydroxyl groups is 1. The van der Waals surface area contributed by atoms with Crippen molar-refractivity contribution in [2.24, 2.45) is 0 Å². The molecule has 0 aliphatic rings. The Hall–Kier alpha value is -2.70. The van der Waals surface area contributed by atoms with Gasteiger partial charge in [-0.1, -0.05) is 35.0 Å². The third-order valence-corrected chi connectivity index (χ3v) is 3.95. The minimum Gasteiger partial charge on any atom is -0.388 e. The van der Waals surface area contributed by atoms with Crippen LogP contribution in [0.5, 0.6) is 0 Å². The first-order valence-electron chi connectivity index (χ1n) is 7.38. The first kappa shape index (κ1) is 14.9. The molecular weight excluding hydrogens is 328 g/mol. The average Bonchev–Trinajstić information content (AvgIpc) is 3.20. The predicted octanol–water partition coefficient (Wildman–Crippen LogP) is 3.28. The number of hydrogen-bond donors (Lipinski definition) is 1. The van der Waals surface area contributed by atoms with Gasteiger partial charge >= 0.3 is 0 Å². The van der Waals surface area contributed by atoms with E-state index in [0.29, 0.717) is 29.1 Å². The van der Waals surface area contributed by atoms with Crippen molar-refractivity contribution >= 4 is 22.6 Å². The number of aliphatic hydroxyl groups excluding tert-OH is 1. The van der Waals surface area contributed by atoms with Gasteiger partial charge in [-0.3, -0.25) is 0 Å². The summed E-state index contributed by atoms with van der Waals surface area (Å²) in [5, 5.41) is 14.2. The Kier molecular flexibility index (Phi) is 3.76. The predicted molar refractivity (Wildman–Crippen MR) is 89.5 cm³/mol. The Balaban J connectivity index is 1.70. The highest BCUT2D eigenvalue weighted by molar-refractivity contribution is 6.30. The fourth-order valence-electron chi connectivity index (χ4n) is 2.62. The molecule has 0 unspecified atom stereocenters. The molecule has 0 saturated carbocycles. The lowest BCUT2D eigenvalue weighted by Crippen LogP contribution is -2.06. The maximum absolute atomic E-state index is 9.55. The summed E-state index contributed by atoms with van der Waals surface area (Å²) in [4.78, 5) is 8.83. The summed E-state index contributed by atoms with van der Waals surface area (Å²) in [6.45, 7) is 0.203. The number of nitrogens with zero attached hydrogens (tertiary/aromatic N) is 4. The van der Waals surface area contributed by atoms with Crippen molar-refractivity contribution < 1.29 is 9.63 Å². The highest BCUT2D eigenvalue weighted by Crippen LogP contribution is 2.22. The van der Waals surface area contributed by atoms with E-state index < -0.39 is 0 Å². The largest absolute Gasteiger partial charge is 0.388 e. The van der Waals surface area contributed by atoms with E-state index in [4.69, 9.17) is 16.1 Å². The standard InChI is InChI=1S/C17H13ClN4O2/c18-12-5-3-4-11(8-12)17-20-15(21-24-17)9-22-14-7-2-1-6-13(14)19-16(22)10-23/h1-8,23H,9-10H2. The van der Waals surface area contributed by atoms with Gasteiger partial charge in [0.25, 0.3) is 5.89 Å². The van der Waals surface area contributed by atoms with E-state index in [1.54, 1.807) is 12.1 Å². The fourth-order valence-corrected chi connectivity index (χ4v) is 2.81. The van der Waals surface area contributed by atoms with Gasteiger partial charge in [-0.2, -0.15) is 4.98 Å². The van der Waals surface area contributed by atoms with Crippen LogP contribution in [-0.4, -0.2) is 24.8 Å². The molecular formula is C17H13ClN4O2. The van der Waals surface area contributed by atoms with Gasteiger partial charge in [0, 0.05) is 10.6 Å². The van der Waals surface area contributed by atoms with Gasteiger partial charge in [0.1, 0.15) is 12.4 Å². The van der Waals surface area contributed by atoms with E-state index in [1.807, 2.05) is 41.0 Å². The molecule has 120 valence electrons. The minimum atomic E-state index is -0.159. The van der Waals surface area contributed by atoms with E-state index in [2.05, 4.69) is 15.1 Å². The van der Waals surface area contributed by atoms with Crippen molar-refractivity contribution in [3.63, 3.8) is 0 Å². The molecule has 0 aliphatic heterocycles. The van der Waals surface area contributed by atoms with Crippen molar-refractivity contribution in [2.75, 3.05) is 0 Å². The number of aromatic nitrogens is 4. The van der Waals surface area contributed by atoms with Crippen molar-refractivity contribution in [1.82, 2.24) is 19.7 Å². The highest BCUT2D eigenvalue weighted by Gasteiger charge is 2.14. The van der Waals surface area contributed by atoms with E-state index in [9.17, 15) is 5.11 Å². The van der Waals surface area contributed by atoms with Crippen LogP contribution in [0.15, 0.2) is 53.1 Å². The summed E-state index contributed by atoms with van der Waals surface area (Å²) in [7, 11) is 0. The van der Waals surface area contributed by atoms with Crippen LogP contribution in [0.2, 0.25) is 5.02 Å². The number of hydrogen-bond acceptors (Lipinski definition) is 5. The molecule has 0 radical (unpaired) electrons. The lowest BCUT2D eigenvalue weighted by atomic mass is 10.2. The van der Waals surface area contributed by atoms with Crippen LogP contribution < -0.4 is 0 Å². The number of halogens is 1. The summed E-state index contributed by atoms with van der Waals surface area (Å²) < 4.78 is 7.20. The van der Waals surface area contributed by atoms with Crippen LogP contribution in [0, 0.1) is 0 Å². The molecule has 0 amide bonds. The quantitative estimate of drug-likeness (QED) is 0.617. The Bertz CT molecular complexity index is 1010. The van der Waals surface area contributed by atoms with E-state index in [1.165, 1.54) is 0 Å². The highest BCUT2D eigenvalue weighted by atomic mass is 35.5. The monoisotopic (exact) mass is 340 g/mol. The second kappa shape index (κ2) is 6.07. The number of imidazole rings is 1. The molecule has 4 rings (SSSR count). The maximum atomic E-state index is 9.55. The summed E-state index contributed by atoms with van der Waals surface area (Å²) in [6.07, 6.45) is 0. The van der Waals surface area contributed by atoms with Gasteiger partial charge in [-0.05, 0) is 30.3 Å². The van der Waals surface area contributed by atoms with E-state index in [-0.39, 0.29) is 6.61 Å². The number of rotatable bonds is 4. The molecule has 4 aromatic rings. The zero-order valence-corrected chi connectivity index (χ0v) is 13.3. The fraction of sp³-hybridized carbons (Fsp3) is 0.118. The van der Waals surface area contributed by atoms with Gasteiger partial charge < -0.3 is 14.2 Å². The number of fused-ring (bicyclic) bond motifs is 1. The second-order valence-corrected chi connectivity index (χ2v) is 5.72. The van der Waals surface area contributed by atoms with E-state index >= 15 is 0 Å². The molecule has 24 heavy (non-hydrogen) atoms. The van der Waals surface area contributed by atoms with Crippen LogP contribution in [0.1, 0.15) is 11.6 Å². The lowest BCUT2D eigenvalue weighted by molar-refractivity contribution is 0.266. The van der Waals surface area contributed by atoms with Crippen molar-refractivity contribution in [2.45, 2.75) is 13.2 Å². The molecule has 0 aliphatic carbocycles. The molecule has 0 fully saturated rings. The first-order valence-corrected chi connectivity index (χ1v) is 7.76. The minimum absolute atomic E-state index is 0.159. The molecule has 7 heteroatoms. The summed E-state index contributed by atoms with van der Waals surface area (Å²) >= 11 is 5.99. The van der Waals surface area contributed by atoms with Crippen LogP contribution in [0.4, 0.5) is 0 Å². The SMILES string of the molecule is OCc1nc2ccccc2n1Cc1noc(-c2cccc(Cl)c2)n1. The van der Waals surface area contributed by atoms with Crippen LogP contribution >= 0.6 is 11.6 Å². The first-order chi connectivity index (χ1) is 11.7. The average molecular weight is 341 g/mol. The molecule has 2 heterocycles. The zero-order valence-electron chi connectivity index (χ0n) is 12.6. The van der Waals surface area contributed by atoms with Gasteiger partial charge in [-0.15, -0.1) is 0 Å². The van der Waals surface area contributed by atoms with Crippen LogP contribution in [-0.2, 0) is 13.2 Å². The van der Waals surface area contributed by atoms with Crippen LogP contribution in [0.25, 0.3) is 22.5 Å².